The minimum Gasteiger partial charge on any atom is -0.462 e. The quantitative estimate of drug-likeness (QED) is 0.249. The Hall–Kier alpha value is -0.0425. The third-order valence-corrected chi connectivity index (χ3v) is 49.6. The van der Waals surface area contributed by atoms with Gasteiger partial charge in [0.15, 0.2) is 15.2 Å². The van der Waals surface area contributed by atoms with Crippen molar-refractivity contribution >= 4 is 37.5 Å². The molecule has 0 amide bonds. The molecule has 0 aromatic heterocycles. The van der Waals surface area contributed by atoms with Gasteiger partial charge in [-0.25, -0.2) is 4.79 Å². The second-order valence-electron chi connectivity index (χ2n) is 6.28. The number of rotatable bonds is 8. The van der Waals surface area contributed by atoms with Crippen LogP contribution in [0.5, 0.6) is 0 Å². The Labute approximate surface area is 126 Å². The lowest BCUT2D eigenvalue weighted by Crippen LogP contribution is -2.76. The zero-order valence-corrected chi connectivity index (χ0v) is 17.6. The van der Waals surface area contributed by atoms with Gasteiger partial charge in [0, 0.05) is 14.6 Å². The molecule has 5 nitrogen and oxygen atoms in total. The first-order chi connectivity index (χ1) is 8.83. The maximum absolute atomic E-state index is 11.2. The van der Waals surface area contributed by atoms with Gasteiger partial charge in [-0.05, 0) is 39.5 Å². The van der Waals surface area contributed by atoms with Crippen LogP contribution in [-0.4, -0.2) is 58.5 Å². The normalized spacial score (nSPS) is 18.6. The van der Waals surface area contributed by atoms with Gasteiger partial charge in [-0.3, -0.25) is 0 Å². The van der Waals surface area contributed by atoms with E-state index >= 15 is 0 Å². The zero-order valence-electron chi connectivity index (χ0n) is 13.2. The van der Waals surface area contributed by atoms with Crippen molar-refractivity contribution < 1.29 is 23.9 Å². The Bertz CT molecular complexity index is 362. The van der Waals surface area contributed by atoms with Crippen LogP contribution in [0.1, 0.15) is 13.3 Å². The first-order valence-corrected chi connectivity index (χ1v) is 20.0. The molecular weight excluding hydrogens is 324 g/mol. The fourth-order valence-electron chi connectivity index (χ4n) is 1.76. The maximum atomic E-state index is 11.2. The topological polar surface area (TPSA) is 87.0 Å². The minimum atomic E-state index is -2.90. The lowest BCUT2D eigenvalue weighted by atomic mass is 10.4. The van der Waals surface area contributed by atoms with Crippen LogP contribution in [0.15, 0.2) is 12.2 Å². The summed E-state index contributed by atoms with van der Waals surface area (Å²) in [7, 11) is -9.10. The third kappa shape index (κ3) is 5.39. The molecule has 0 aromatic rings. The van der Waals surface area contributed by atoms with Gasteiger partial charge in [0.1, 0.15) is 0 Å². The molecule has 9 heteroatoms. The smallest absolute Gasteiger partial charge is 0.333 e. The summed E-state index contributed by atoms with van der Waals surface area (Å²) in [5.41, 5.74) is 0.381. The molecule has 0 radical (unpaired) electrons. The summed E-state index contributed by atoms with van der Waals surface area (Å²) in [5.74, 6) is -0.388. The molecule has 3 N–H and O–H groups in total. The Morgan fingerprint density at radius 2 is 1.70 bits per heavy atom. The van der Waals surface area contributed by atoms with Crippen molar-refractivity contribution in [1.29, 1.82) is 0 Å². The van der Waals surface area contributed by atoms with E-state index in [1.54, 1.807) is 33.1 Å². The van der Waals surface area contributed by atoms with Crippen LogP contribution in [0.4, 0.5) is 0 Å². The van der Waals surface area contributed by atoms with Gasteiger partial charge in [-0.15, -0.1) is 0 Å². The molecule has 0 saturated carbocycles. The molecule has 0 bridgehead atoms. The van der Waals surface area contributed by atoms with Crippen molar-refractivity contribution in [1.82, 2.24) is 0 Å². The molecular formula is C11H28O5Si4. The number of hydrogen-bond acceptors (Lipinski definition) is 5. The molecule has 0 aliphatic rings. The van der Waals surface area contributed by atoms with Crippen LogP contribution in [-0.2, 0) is 9.53 Å². The maximum Gasteiger partial charge on any atom is 0.333 e. The summed E-state index contributed by atoms with van der Waals surface area (Å²) in [6.45, 7) is 12.4. The average Bonchev–Trinajstić information content (AvgIpc) is 2.26. The molecule has 0 saturated heterocycles. The summed E-state index contributed by atoms with van der Waals surface area (Å²) in [5, 5.41) is 0. The predicted molar refractivity (Wildman–Crippen MR) is 91.1 cm³/mol. The molecule has 2 unspecified atom stereocenters. The average molecular weight is 353 g/mol. The number of carbonyl (C=O) groups is 1. The van der Waals surface area contributed by atoms with E-state index in [0.29, 0.717) is 18.6 Å². The number of ether oxygens (including phenoxy) is 1. The van der Waals surface area contributed by atoms with E-state index in [4.69, 9.17) is 4.74 Å². The van der Waals surface area contributed by atoms with E-state index in [1.165, 1.54) is 0 Å². The Balaban J connectivity index is 4.25. The van der Waals surface area contributed by atoms with Crippen molar-refractivity contribution in [2.45, 2.75) is 45.6 Å². The predicted octanol–water partition coefficient (Wildman–Crippen LogP) is 0.0690. The first kappa shape index (κ1) is 20.0. The summed E-state index contributed by atoms with van der Waals surface area (Å²) in [6.07, 6.45) is 0.701. The Morgan fingerprint density at radius 1 is 1.20 bits per heavy atom. The molecule has 0 fully saturated rings. The van der Waals surface area contributed by atoms with Crippen LogP contribution in [0.25, 0.3) is 0 Å². The molecule has 2 atom stereocenters. The second-order valence-corrected chi connectivity index (χ2v) is 37.3. The van der Waals surface area contributed by atoms with Gasteiger partial charge in [0.05, 0.1) is 6.61 Å². The molecule has 0 aliphatic carbocycles. The van der Waals surface area contributed by atoms with Crippen LogP contribution >= 0.6 is 0 Å². The summed E-state index contributed by atoms with van der Waals surface area (Å²) in [4.78, 5) is 42.6. The fraction of sp³-hybridized carbons (Fsp3) is 0.727. The lowest BCUT2D eigenvalue weighted by molar-refractivity contribution is -0.138. The highest BCUT2D eigenvalue weighted by molar-refractivity contribution is 7.73. The van der Waals surface area contributed by atoms with Crippen molar-refractivity contribution in [3.8, 4) is 0 Å². The van der Waals surface area contributed by atoms with E-state index in [2.05, 4.69) is 6.58 Å². The van der Waals surface area contributed by atoms with Gasteiger partial charge in [0.25, 0.3) is 0 Å². The van der Waals surface area contributed by atoms with Gasteiger partial charge < -0.3 is 19.1 Å². The molecule has 0 spiro atoms. The van der Waals surface area contributed by atoms with Crippen LogP contribution in [0.3, 0.4) is 0 Å². The highest BCUT2D eigenvalue weighted by Gasteiger charge is 2.57. The van der Waals surface area contributed by atoms with Crippen molar-refractivity contribution in [2.75, 3.05) is 6.61 Å². The minimum absolute atomic E-state index is 0.326. The molecule has 0 rings (SSSR count). The SMILES string of the molecule is C=C(C)C(=O)OCCC[SiH2][Si](C)(O)[Si](C)(O)[Si](C)(C)O. The van der Waals surface area contributed by atoms with Gasteiger partial charge >= 0.3 is 5.97 Å². The fourth-order valence-corrected chi connectivity index (χ4v) is 45.8. The lowest BCUT2D eigenvalue weighted by Gasteiger charge is -2.40. The monoisotopic (exact) mass is 352 g/mol. The number of hydrogen-bond donors (Lipinski definition) is 3. The second kappa shape index (κ2) is 7.29. The molecule has 0 aromatic carbocycles. The highest BCUT2D eigenvalue weighted by atomic mass is 29.8. The molecule has 20 heavy (non-hydrogen) atoms. The standard InChI is InChI=1S/C11H28O5Si4/c1-10(2)11(12)16-8-7-9-17-19(5,14)20(6,15)18(3,4)13/h13-15H,1,7-9,17H2,2-6H3. The summed E-state index contributed by atoms with van der Waals surface area (Å²) < 4.78 is 5.00. The number of carbonyl (C=O) groups excluding carboxylic acids is 1. The van der Waals surface area contributed by atoms with Crippen molar-refractivity contribution in [2.24, 2.45) is 0 Å². The Kier molecular flexibility index (Phi) is 7.27. The van der Waals surface area contributed by atoms with Crippen molar-refractivity contribution in [3.05, 3.63) is 12.2 Å². The van der Waals surface area contributed by atoms with Gasteiger partial charge in [-0.1, -0.05) is 12.6 Å². The van der Waals surface area contributed by atoms with E-state index in [9.17, 15) is 19.2 Å². The van der Waals surface area contributed by atoms with Crippen LogP contribution in [0.2, 0.25) is 32.2 Å². The number of esters is 1. The summed E-state index contributed by atoms with van der Waals surface area (Å²) >= 11 is 0. The van der Waals surface area contributed by atoms with Gasteiger partial charge in [0.2, 0.25) is 7.35 Å². The molecule has 0 heterocycles. The summed E-state index contributed by atoms with van der Waals surface area (Å²) in [6, 6.07) is 0.816. The van der Waals surface area contributed by atoms with Crippen LogP contribution in [0, 0.1) is 0 Å². The van der Waals surface area contributed by atoms with E-state index in [-0.39, 0.29) is 5.97 Å². The van der Waals surface area contributed by atoms with E-state index < -0.39 is 31.6 Å². The first-order valence-electron chi connectivity index (χ1n) is 6.82. The largest absolute Gasteiger partial charge is 0.462 e. The van der Waals surface area contributed by atoms with E-state index in [1.807, 2.05) is 0 Å². The Morgan fingerprint density at radius 3 is 2.10 bits per heavy atom. The van der Waals surface area contributed by atoms with Crippen molar-refractivity contribution in [3.63, 3.8) is 0 Å². The molecule has 0 aliphatic heterocycles. The highest BCUT2D eigenvalue weighted by Crippen LogP contribution is 2.22. The van der Waals surface area contributed by atoms with Crippen LogP contribution < -0.4 is 0 Å². The third-order valence-electron chi connectivity index (χ3n) is 3.88. The van der Waals surface area contributed by atoms with E-state index in [0.717, 1.165) is 6.04 Å². The zero-order chi connectivity index (χ0) is 16.2. The molecule has 118 valence electrons. The van der Waals surface area contributed by atoms with Gasteiger partial charge in [-0.2, -0.15) is 0 Å².